The Morgan fingerprint density at radius 3 is 2.54 bits per heavy atom. The molecule has 0 saturated carbocycles. The number of sulfonamides is 1. The van der Waals surface area contributed by atoms with E-state index in [1.54, 1.807) is 60.7 Å². The van der Waals surface area contributed by atoms with Crippen molar-refractivity contribution in [2.75, 3.05) is 25.2 Å². The summed E-state index contributed by atoms with van der Waals surface area (Å²) in [6.45, 7) is 2.23. The maximum atomic E-state index is 12.8. The molecule has 10 nitrogen and oxygen atoms in total. The van der Waals surface area contributed by atoms with Crippen molar-refractivity contribution in [3.63, 3.8) is 0 Å². The van der Waals surface area contributed by atoms with E-state index >= 15 is 0 Å². The zero-order valence-corrected chi connectivity index (χ0v) is 22.2. The molecular formula is C28H27N3O7S. The lowest BCUT2D eigenvalue weighted by molar-refractivity contribution is -0.142. The first kappa shape index (κ1) is 27.6. The number of esters is 1. The fraction of sp³-hybridized carbons (Fsp3) is 0.250. The van der Waals surface area contributed by atoms with Crippen molar-refractivity contribution in [3.8, 4) is 11.8 Å². The topological polar surface area (TPSA) is 135 Å². The van der Waals surface area contributed by atoms with Gasteiger partial charge < -0.3 is 14.2 Å². The number of methoxy groups -OCH3 is 1. The Morgan fingerprint density at radius 2 is 1.87 bits per heavy atom. The summed E-state index contributed by atoms with van der Waals surface area (Å²) >= 11 is 0. The Labute approximate surface area is 226 Å². The summed E-state index contributed by atoms with van der Waals surface area (Å²) < 4.78 is 44.0. The minimum atomic E-state index is -3.95. The lowest BCUT2D eigenvalue weighted by Crippen LogP contribution is -2.42. The first-order valence-corrected chi connectivity index (χ1v) is 13.5. The van der Waals surface area contributed by atoms with Crippen molar-refractivity contribution < 1.29 is 32.2 Å². The number of carbonyl (C=O) groups is 2. The summed E-state index contributed by atoms with van der Waals surface area (Å²) in [6, 6.07) is 20.7. The molecule has 0 bridgehead atoms. The normalized spacial score (nSPS) is 15.8. The fourth-order valence-electron chi connectivity index (χ4n) is 4.00. The number of ether oxygens (including phenoxy) is 3. The summed E-state index contributed by atoms with van der Waals surface area (Å²) in [6.07, 6.45) is -0.964. The first-order valence-electron chi connectivity index (χ1n) is 12.1. The molecule has 1 fully saturated rings. The molecule has 3 aromatic carbocycles. The molecule has 4 rings (SSSR count). The first-order chi connectivity index (χ1) is 18.7. The average Bonchev–Trinajstić information content (AvgIpc) is 3.32. The van der Waals surface area contributed by atoms with E-state index in [4.69, 9.17) is 19.5 Å². The average molecular weight is 550 g/mol. The monoisotopic (exact) mass is 549 g/mol. The van der Waals surface area contributed by atoms with Gasteiger partial charge in [-0.2, -0.15) is 9.98 Å². The quantitative estimate of drug-likeness (QED) is 0.381. The number of hydrogen-bond acceptors (Lipinski definition) is 8. The van der Waals surface area contributed by atoms with Crippen LogP contribution in [0.3, 0.4) is 0 Å². The van der Waals surface area contributed by atoms with Gasteiger partial charge in [0.15, 0.2) is 6.10 Å². The number of hydrogen-bond donors (Lipinski definition) is 1. The SMILES string of the molecule is COC(=O)C(Cc1ccc(OCC2CN(c3cccc(C#N)c3)C(=O)O2)cc1)NS(=O)(=O)c1ccc(C)cc1. The van der Waals surface area contributed by atoms with Crippen LogP contribution in [0.15, 0.2) is 77.7 Å². The molecule has 1 N–H and O–H groups in total. The van der Waals surface area contributed by atoms with Gasteiger partial charge in [0.2, 0.25) is 10.0 Å². The van der Waals surface area contributed by atoms with Gasteiger partial charge in [0, 0.05) is 5.69 Å². The van der Waals surface area contributed by atoms with Crippen molar-refractivity contribution in [3.05, 3.63) is 89.5 Å². The number of anilines is 1. The Bertz CT molecular complexity index is 1480. The summed E-state index contributed by atoms with van der Waals surface area (Å²) in [4.78, 5) is 26.2. The van der Waals surface area contributed by atoms with Crippen molar-refractivity contribution in [2.45, 2.75) is 30.4 Å². The third-order valence-electron chi connectivity index (χ3n) is 6.07. The van der Waals surface area contributed by atoms with Crippen molar-refractivity contribution in [2.24, 2.45) is 0 Å². The molecule has 39 heavy (non-hydrogen) atoms. The standard InChI is InChI=1S/C28H27N3O7S/c1-19-6-12-25(13-7-19)39(34,35)30-26(27(32)36-2)15-20-8-10-23(11-9-20)37-18-24-17-31(28(33)38-24)22-5-3-4-21(14-22)16-29/h3-14,24,26,30H,15,17-18H2,1-2H3. The van der Waals surface area contributed by atoms with Crippen LogP contribution in [-0.2, 0) is 30.7 Å². The van der Waals surface area contributed by atoms with Gasteiger partial charge in [-0.1, -0.05) is 35.9 Å². The van der Waals surface area contributed by atoms with Crippen LogP contribution in [0.4, 0.5) is 10.5 Å². The van der Waals surface area contributed by atoms with Crippen molar-refractivity contribution in [1.82, 2.24) is 4.72 Å². The van der Waals surface area contributed by atoms with Crippen LogP contribution in [0.1, 0.15) is 16.7 Å². The van der Waals surface area contributed by atoms with E-state index in [1.807, 2.05) is 13.0 Å². The van der Waals surface area contributed by atoms with E-state index in [1.165, 1.54) is 24.1 Å². The predicted octanol–water partition coefficient (Wildman–Crippen LogP) is 3.33. The second-order valence-corrected chi connectivity index (χ2v) is 10.7. The molecule has 1 amide bonds. The molecule has 1 aliphatic heterocycles. The number of aryl methyl sites for hydroxylation is 1. The van der Waals surface area contributed by atoms with Crippen LogP contribution in [-0.4, -0.2) is 52.9 Å². The van der Waals surface area contributed by atoms with Gasteiger partial charge in [-0.3, -0.25) is 9.69 Å². The molecule has 1 heterocycles. The molecule has 0 spiro atoms. The number of amides is 1. The number of nitrogens with zero attached hydrogens (tertiary/aromatic N) is 2. The zero-order valence-electron chi connectivity index (χ0n) is 21.4. The highest BCUT2D eigenvalue weighted by molar-refractivity contribution is 7.89. The van der Waals surface area contributed by atoms with E-state index in [0.717, 1.165) is 5.56 Å². The second-order valence-electron chi connectivity index (χ2n) is 8.95. The predicted molar refractivity (Wildman–Crippen MR) is 142 cm³/mol. The Kier molecular flexibility index (Phi) is 8.49. The number of benzene rings is 3. The van der Waals surface area contributed by atoms with Crippen LogP contribution in [0, 0.1) is 18.3 Å². The van der Waals surface area contributed by atoms with Crippen molar-refractivity contribution >= 4 is 27.8 Å². The molecule has 11 heteroatoms. The minimum Gasteiger partial charge on any atom is -0.490 e. The van der Waals surface area contributed by atoms with E-state index in [9.17, 15) is 18.0 Å². The lowest BCUT2D eigenvalue weighted by Gasteiger charge is -2.17. The maximum absolute atomic E-state index is 12.8. The Hall–Kier alpha value is -4.40. The molecule has 1 saturated heterocycles. The summed E-state index contributed by atoms with van der Waals surface area (Å²) in [5, 5.41) is 9.09. The number of cyclic esters (lactones) is 1. The smallest absolute Gasteiger partial charge is 0.414 e. The highest BCUT2D eigenvalue weighted by Crippen LogP contribution is 2.23. The highest BCUT2D eigenvalue weighted by Gasteiger charge is 2.33. The number of nitriles is 1. The molecule has 0 aromatic heterocycles. The van der Waals surface area contributed by atoms with Crippen molar-refractivity contribution in [1.29, 1.82) is 5.26 Å². The molecule has 0 radical (unpaired) electrons. The van der Waals surface area contributed by atoms with Crippen LogP contribution < -0.4 is 14.4 Å². The van der Waals surface area contributed by atoms with Gasteiger partial charge in [-0.05, 0) is 61.4 Å². The van der Waals surface area contributed by atoms with Gasteiger partial charge in [0.05, 0.1) is 30.2 Å². The third kappa shape index (κ3) is 6.93. The van der Waals surface area contributed by atoms with E-state index in [2.05, 4.69) is 4.72 Å². The molecule has 1 aliphatic rings. The zero-order chi connectivity index (χ0) is 28.0. The fourth-order valence-corrected chi connectivity index (χ4v) is 5.18. The number of carbonyl (C=O) groups excluding carboxylic acids is 2. The Morgan fingerprint density at radius 1 is 1.15 bits per heavy atom. The van der Waals surface area contributed by atoms with Crippen LogP contribution in [0.25, 0.3) is 0 Å². The second kappa shape index (κ2) is 12.0. The molecule has 202 valence electrons. The summed E-state index contributed by atoms with van der Waals surface area (Å²) in [5.74, 6) is -0.200. The number of nitrogens with one attached hydrogen (secondary N) is 1. The molecule has 2 atom stereocenters. The molecule has 0 aliphatic carbocycles. The number of rotatable bonds is 10. The summed E-state index contributed by atoms with van der Waals surface area (Å²) in [5.41, 5.74) is 2.61. The van der Waals surface area contributed by atoms with E-state index in [0.29, 0.717) is 22.6 Å². The van der Waals surface area contributed by atoms with E-state index < -0.39 is 34.2 Å². The van der Waals surface area contributed by atoms with Crippen LogP contribution in [0.2, 0.25) is 0 Å². The maximum Gasteiger partial charge on any atom is 0.414 e. The molecular weight excluding hydrogens is 522 g/mol. The third-order valence-corrected chi connectivity index (χ3v) is 7.56. The molecule has 2 unspecified atom stereocenters. The van der Waals surface area contributed by atoms with Gasteiger partial charge >= 0.3 is 12.1 Å². The van der Waals surface area contributed by atoms with Gasteiger partial charge in [0.1, 0.15) is 18.4 Å². The van der Waals surface area contributed by atoms with E-state index in [-0.39, 0.29) is 24.5 Å². The van der Waals surface area contributed by atoms with Gasteiger partial charge in [-0.15, -0.1) is 0 Å². The van der Waals surface area contributed by atoms with Gasteiger partial charge in [0.25, 0.3) is 0 Å². The largest absolute Gasteiger partial charge is 0.490 e. The Balaban J connectivity index is 1.35. The minimum absolute atomic E-state index is 0.0506. The highest BCUT2D eigenvalue weighted by atomic mass is 32.2. The van der Waals surface area contributed by atoms with Crippen LogP contribution in [0.5, 0.6) is 5.75 Å². The van der Waals surface area contributed by atoms with Gasteiger partial charge in [-0.25, -0.2) is 13.2 Å². The van der Waals surface area contributed by atoms with Crippen LogP contribution >= 0.6 is 0 Å². The lowest BCUT2D eigenvalue weighted by atomic mass is 10.1. The molecule has 3 aromatic rings. The summed E-state index contributed by atoms with van der Waals surface area (Å²) in [7, 11) is -2.75.